The van der Waals surface area contributed by atoms with Crippen LogP contribution in [-0.4, -0.2) is 32.0 Å². The number of benzene rings is 4. The number of amides is 2. The molecular weight excluding hydrogens is 669 g/mol. The second-order valence-electron chi connectivity index (χ2n) is 9.78. The molecule has 4 N–H and O–H groups in total. The third-order valence-electron chi connectivity index (χ3n) is 6.46. The zero-order valence-corrected chi connectivity index (χ0v) is 27.6. The molecule has 2 aromatic heterocycles. The molecule has 47 heavy (non-hydrogen) atoms. The van der Waals surface area contributed by atoms with Gasteiger partial charge in [-0.25, -0.2) is 9.97 Å². The molecule has 2 amide bonds. The number of nitrogens with one attached hydrogen (secondary N) is 4. The molecule has 6 aromatic rings. The van der Waals surface area contributed by atoms with Gasteiger partial charge in [-0.2, -0.15) is 0 Å². The van der Waals surface area contributed by atoms with Gasteiger partial charge in [0.15, 0.2) is 10.2 Å². The number of ether oxygens (including phenoxy) is 1. The van der Waals surface area contributed by atoms with Crippen LogP contribution in [0, 0.1) is 0 Å². The Morgan fingerprint density at radius 1 is 0.553 bits per heavy atom. The van der Waals surface area contributed by atoms with Crippen LogP contribution in [0.15, 0.2) is 120 Å². The summed E-state index contributed by atoms with van der Waals surface area (Å²) in [5.74, 6) is 1.86. The van der Waals surface area contributed by atoms with Crippen molar-refractivity contribution < 1.29 is 14.3 Å². The summed E-state index contributed by atoms with van der Waals surface area (Å²) in [7, 11) is 0. The first kappa shape index (κ1) is 31.6. The van der Waals surface area contributed by atoms with Crippen LogP contribution in [-0.2, 0) is 0 Å². The average Bonchev–Trinajstić information content (AvgIpc) is 3.76. The number of hydrogen-bond acceptors (Lipinski definition) is 9. The molecule has 0 aliphatic heterocycles. The molecule has 232 valence electrons. The van der Waals surface area contributed by atoms with E-state index in [0.29, 0.717) is 34.3 Å². The van der Waals surface area contributed by atoms with Crippen molar-refractivity contribution in [1.29, 1.82) is 0 Å². The van der Waals surface area contributed by atoms with E-state index in [4.69, 9.17) is 29.2 Å². The predicted octanol–water partition coefficient (Wildman–Crippen LogP) is 7.98. The topological polar surface area (TPSA) is 117 Å². The predicted molar refractivity (Wildman–Crippen MR) is 195 cm³/mol. The number of carbonyl (C=O) groups is 2. The number of carbonyl (C=O) groups excluding carboxylic acids is 2. The number of rotatable bonds is 8. The number of nitrogens with zero attached hydrogens (tertiary/aromatic N) is 2. The average molecular weight is 693 g/mol. The van der Waals surface area contributed by atoms with Crippen molar-refractivity contribution >= 4 is 80.8 Å². The molecule has 9 nitrogen and oxygen atoms in total. The van der Waals surface area contributed by atoms with E-state index in [-0.39, 0.29) is 22.0 Å². The normalized spacial score (nSPS) is 10.5. The minimum absolute atomic E-state index is 0.172. The Hall–Kier alpha value is -5.34. The summed E-state index contributed by atoms with van der Waals surface area (Å²) in [6.45, 7) is 0. The van der Waals surface area contributed by atoms with E-state index in [1.54, 1.807) is 48.5 Å². The van der Waals surface area contributed by atoms with E-state index in [9.17, 15) is 9.59 Å². The largest absolute Gasteiger partial charge is 0.457 e. The van der Waals surface area contributed by atoms with E-state index >= 15 is 0 Å². The number of hydrogen-bond donors (Lipinski definition) is 4. The Kier molecular flexibility index (Phi) is 9.98. The second-order valence-corrected chi connectivity index (χ2v) is 12.3. The standard InChI is InChI=1S/C34H24N6O3S4/c41-29(21-7-3-1-4-8-21)39-33(44)37-27-19-46-31(35-27)23-11-15-25(16-12-23)43-26-17-13-24(14-18-26)32-36-28(20-47-32)38-34(45)40-30(42)22-9-5-2-6-10-22/h1-20H,(H2,37,39,41,44)(H2,38,40,42,45). The number of anilines is 2. The minimum atomic E-state index is -0.290. The van der Waals surface area contributed by atoms with Gasteiger partial charge in [-0.1, -0.05) is 36.4 Å². The van der Waals surface area contributed by atoms with Crippen molar-refractivity contribution in [3.05, 3.63) is 131 Å². The van der Waals surface area contributed by atoms with Gasteiger partial charge in [0.1, 0.15) is 33.1 Å². The Morgan fingerprint density at radius 2 is 0.936 bits per heavy atom. The van der Waals surface area contributed by atoms with Crippen molar-refractivity contribution in [2.75, 3.05) is 10.6 Å². The minimum Gasteiger partial charge on any atom is -0.457 e. The van der Waals surface area contributed by atoms with Crippen molar-refractivity contribution in [3.8, 4) is 32.6 Å². The first-order valence-corrected chi connectivity index (χ1v) is 16.6. The molecule has 0 fully saturated rings. The highest BCUT2D eigenvalue weighted by Crippen LogP contribution is 2.31. The van der Waals surface area contributed by atoms with Gasteiger partial charge in [-0.05, 0) is 97.2 Å². The summed E-state index contributed by atoms with van der Waals surface area (Å²) in [5.41, 5.74) is 2.86. The van der Waals surface area contributed by atoms with E-state index in [1.165, 1.54) is 22.7 Å². The Morgan fingerprint density at radius 3 is 1.32 bits per heavy atom. The molecule has 0 saturated heterocycles. The number of thiocarbonyl (C=S) groups is 2. The monoisotopic (exact) mass is 692 g/mol. The van der Waals surface area contributed by atoms with Crippen LogP contribution in [0.4, 0.5) is 11.6 Å². The highest BCUT2D eigenvalue weighted by Gasteiger charge is 2.12. The van der Waals surface area contributed by atoms with Crippen LogP contribution in [0.2, 0.25) is 0 Å². The fourth-order valence-corrected chi connectivity index (χ4v) is 6.13. The lowest BCUT2D eigenvalue weighted by atomic mass is 10.2. The van der Waals surface area contributed by atoms with E-state index in [0.717, 1.165) is 21.1 Å². The van der Waals surface area contributed by atoms with Crippen LogP contribution in [0.3, 0.4) is 0 Å². The third kappa shape index (κ3) is 8.48. The van der Waals surface area contributed by atoms with Gasteiger partial charge in [0.2, 0.25) is 0 Å². The van der Waals surface area contributed by atoms with Gasteiger partial charge in [0.25, 0.3) is 11.8 Å². The first-order chi connectivity index (χ1) is 22.9. The molecule has 0 aliphatic rings. The molecule has 0 bridgehead atoms. The van der Waals surface area contributed by atoms with Crippen molar-refractivity contribution in [2.24, 2.45) is 0 Å². The maximum atomic E-state index is 12.3. The fraction of sp³-hybridized carbons (Fsp3) is 0. The third-order valence-corrected chi connectivity index (χ3v) is 8.65. The smallest absolute Gasteiger partial charge is 0.257 e. The lowest BCUT2D eigenvalue weighted by Crippen LogP contribution is -2.34. The van der Waals surface area contributed by atoms with Gasteiger partial charge in [0, 0.05) is 33.0 Å². The maximum absolute atomic E-state index is 12.3. The fourth-order valence-electron chi connectivity index (χ4n) is 4.22. The van der Waals surface area contributed by atoms with Crippen molar-refractivity contribution in [1.82, 2.24) is 20.6 Å². The molecule has 2 heterocycles. The molecule has 0 atom stereocenters. The van der Waals surface area contributed by atoms with E-state index < -0.39 is 0 Å². The summed E-state index contributed by atoms with van der Waals surface area (Å²) in [4.78, 5) is 33.8. The number of aromatic nitrogens is 2. The summed E-state index contributed by atoms with van der Waals surface area (Å²) < 4.78 is 6.05. The van der Waals surface area contributed by atoms with Crippen LogP contribution < -0.4 is 26.0 Å². The Labute approximate surface area is 288 Å². The van der Waals surface area contributed by atoms with Gasteiger partial charge in [-0.3, -0.25) is 20.2 Å². The summed E-state index contributed by atoms with van der Waals surface area (Å²) in [6, 6.07) is 32.9. The number of thiazole rings is 2. The van der Waals surface area contributed by atoms with Gasteiger partial charge in [-0.15, -0.1) is 22.7 Å². The van der Waals surface area contributed by atoms with Gasteiger partial charge < -0.3 is 15.4 Å². The first-order valence-electron chi connectivity index (χ1n) is 14.0. The van der Waals surface area contributed by atoms with Crippen LogP contribution in [0.25, 0.3) is 21.1 Å². The van der Waals surface area contributed by atoms with Crippen LogP contribution in [0.5, 0.6) is 11.5 Å². The summed E-state index contributed by atoms with van der Waals surface area (Å²) in [6.07, 6.45) is 0. The van der Waals surface area contributed by atoms with Gasteiger partial charge >= 0.3 is 0 Å². The molecular formula is C34H24N6O3S4. The lowest BCUT2D eigenvalue weighted by molar-refractivity contribution is 0.0969. The van der Waals surface area contributed by atoms with E-state index in [1.807, 2.05) is 71.4 Å². The quantitative estimate of drug-likeness (QED) is 0.118. The lowest BCUT2D eigenvalue weighted by Gasteiger charge is -2.08. The SMILES string of the molecule is O=C(NC(=S)Nc1csc(-c2ccc(Oc3ccc(-c4nc(NC(=S)NC(=O)c5ccccc5)cs4)cc3)cc2)n1)c1ccccc1. The zero-order chi connectivity index (χ0) is 32.6. The summed E-state index contributed by atoms with van der Waals surface area (Å²) in [5, 5.41) is 16.8. The molecule has 6 rings (SSSR count). The zero-order valence-electron chi connectivity index (χ0n) is 24.3. The second kappa shape index (κ2) is 14.8. The van der Waals surface area contributed by atoms with Gasteiger partial charge in [0.05, 0.1) is 0 Å². The van der Waals surface area contributed by atoms with Crippen LogP contribution >= 0.6 is 47.1 Å². The maximum Gasteiger partial charge on any atom is 0.257 e. The molecule has 13 heteroatoms. The molecule has 0 spiro atoms. The Bertz CT molecular complexity index is 1880. The molecule has 4 aromatic carbocycles. The molecule has 0 unspecified atom stereocenters. The van der Waals surface area contributed by atoms with E-state index in [2.05, 4.69) is 31.2 Å². The molecule has 0 saturated carbocycles. The summed E-state index contributed by atoms with van der Waals surface area (Å²) >= 11 is 13.5. The van der Waals surface area contributed by atoms with Crippen molar-refractivity contribution in [3.63, 3.8) is 0 Å². The molecule has 0 radical (unpaired) electrons. The van der Waals surface area contributed by atoms with Crippen LogP contribution in [0.1, 0.15) is 20.7 Å². The van der Waals surface area contributed by atoms with Crippen molar-refractivity contribution in [2.45, 2.75) is 0 Å². The highest BCUT2D eigenvalue weighted by atomic mass is 32.1. The highest BCUT2D eigenvalue weighted by molar-refractivity contribution is 7.80. The Balaban J connectivity index is 0.998. The molecule has 0 aliphatic carbocycles.